The number of nitrogens with zero attached hydrogens (tertiary/aromatic N) is 2. The summed E-state index contributed by atoms with van der Waals surface area (Å²) in [5.74, 6) is -0.0254. The van der Waals surface area contributed by atoms with E-state index in [9.17, 15) is 9.59 Å². The molecular weight excluding hydrogens is 374 g/mol. The first-order valence-electron chi connectivity index (χ1n) is 9.02. The predicted molar refractivity (Wildman–Crippen MR) is 108 cm³/mol. The van der Waals surface area contributed by atoms with Gasteiger partial charge in [-0.1, -0.05) is 41.4 Å². The van der Waals surface area contributed by atoms with Crippen molar-refractivity contribution in [3.63, 3.8) is 0 Å². The number of aromatic nitrogens is 2. The van der Waals surface area contributed by atoms with E-state index in [-0.39, 0.29) is 23.6 Å². The quantitative estimate of drug-likeness (QED) is 0.708. The Balaban J connectivity index is 1.56. The highest BCUT2D eigenvalue weighted by Gasteiger charge is 2.28. The van der Waals surface area contributed by atoms with Crippen LogP contribution in [0.3, 0.4) is 0 Å². The third-order valence-electron chi connectivity index (χ3n) is 4.92. The summed E-state index contributed by atoms with van der Waals surface area (Å²) in [5, 5.41) is 3.25. The Bertz CT molecular complexity index is 1050. The molecule has 0 aliphatic heterocycles. The Morgan fingerprint density at radius 1 is 1.07 bits per heavy atom. The van der Waals surface area contributed by atoms with E-state index in [4.69, 9.17) is 11.6 Å². The summed E-state index contributed by atoms with van der Waals surface area (Å²) in [5.41, 5.74) is 3.96. The van der Waals surface area contributed by atoms with E-state index in [1.807, 2.05) is 19.1 Å². The second-order valence-corrected chi connectivity index (χ2v) is 7.39. The number of anilines is 1. The van der Waals surface area contributed by atoms with Gasteiger partial charge in [-0.25, -0.2) is 9.97 Å². The van der Waals surface area contributed by atoms with Crippen molar-refractivity contribution in [1.82, 2.24) is 9.97 Å². The predicted octanol–water partition coefficient (Wildman–Crippen LogP) is 4.60. The first kappa shape index (κ1) is 18.3. The van der Waals surface area contributed by atoms with Crippen LogP contribution in [-0.2, 0) is 6.42 Å². The van der Waals surface area contributed by atoms with Gasteiger partial charge >= 0.3 is 0 Å². The van der Waals surface area contributed by atoms with Gasteiger partial charge in [-0.15, -0.1) is 0 Å². The van der Waals surface area contributed by atoms with Crippen molar-refractivity contribution >= 4 is 29.2 Å². The van der Waals surface area contributed by atoms with E-state index < -0.39 is 0 Å². The van der Waals surface area contributed by atoms with Crippen molar-refractivity contribution in [3.05, 3.63) is 87.7 Å². The van der Waals surface area contributed by atoms with Crippen molar-refractivity contribution in [2.24, 2.45) is 0 Å². The lowest BCUT2D eigenvalue weighted by Crippen LogP contribution is -2.22. The van der Waals surface area contributed by atoms with E-state index in [0.717, 1.165) is 5.56 Å². The van der Waals surface area contributed by atoms with Crippen LogP contribution in [0, 0.1) is 6.92 Å². The number of halogens is 1. The summed E-state index contributed by atoms with van der Waals surface area (Å²) in [4.78, 5) is 33.5. The van der Waals surface area contributed by atoms with Crippen LogP contribution >= 0.6 is 11.6 Å². The number of aryl methyl sites for hydroxylation is 1. The number of amides is 1. The standard InChI is InChI=1S/C22H18ClN3O2/c1-13-2-4-14(5-3-13)16-10-19-18(20(27)11-16)12-24-22(25-19)26-21(28)15-6-8-17(23)9-7-15/h2-9,12,16H,10-11H2,1H3,(H,24,25,26,28)/t16-/m1/s1. The molecule has 5 nitrogen and oxygen atoms in total. The van der Waals surface area contributed by atoms with Crippen LogP contribution in [0.15, 0.2) is 54.7 Å². The molecule has 1 heterocycles. The minimum absolute atomic E-state index is 0.0300. The van der Waals surface area contributed by atoms with E-state index in [1.54, 1.807) is 24.3 Å². The molecule has 0 spiro atoms. The van der Waals surface area contributed by atoms with Gasteiger partial charge in [0.25, 0.3) is 5.91 Å². The second-order valence-electron chi connectivity index (χ2n) is 6.95. The van der Waals surface area contributed by atoms with Gasteiger partial charge in [0.05, 0.1) is 11.3 Å². The van der Waals surface area contributed by atoms with Gasteiger partial charge in [0.1, 0.15) is 0 Å². The van der Waals surface area contributed by atoms with Crippen LogP contribution in [0.1, 0.15) is 49.9 Å². The van der Waals surface area contributed by atoms with Crippen molar-refractivity contribution < 1.29 is 9.59 Å². The summed E-state index contributed by atoms with van der Waals surface area (Å²) in [6, 6.07) is 14.8. The summed E-state index contributed by atoms with van der Waals surface area (Å²) in [7, 11) is 0. The highest BCUT2D eigenvalue weighted by molar-refractivity contribution is 6.30. The monoisotopic (exact) mass is 391 g/mol. The molecule has 2 aromatic carbocycles. The molecule has 3 aromatic rings. The lowest BCUT2D eigenvalue weighted by molar-refractivity contribution is 0.0962. The highest BCUT2D eigenvalue weighted by Crippen LogP contribution is 2.32. The Kier molecular flexibility index (Phi) is 4.92. The molecule has 1 aromatic heterocycles. The van der Waals surface area contributed by atoms with Gasteiger partial charge in [0.2, 0.25) is 5.95 Å². The maximum atomic E-state index is 12.5. The highest BCUT2D eigenvalue weighted by atomic mass is 35.5. The molecule has 4 rings (SSSR count). The third-order valence-corrected chi connectivity index (χ3v) is 5.17. The Morgan fingerprint density at radius 2 is 1.79 bits per heavy atom. The van der Waals surface area contributed by atoms with Crippen molar-refractivity contribution in [2.45, 2.75) is 25.7 Å². The first-order valence-corrected chi connectivity index (χ1v) is 9.40. The summed E-state index contributed by atoms with van der Waals surface area (Å²) in [6.45, 7) is 2.04. The molecule has 1 aliphatic rings. The summed E-state index contributed by atoms with van der Waals surface area (Å²) >= 11 is 5.85. The maximum Gasteiger partial charge on any atom is 0.258 e. The van der Waals surface area contributed by atoms with Gasteiger partial charge in [-0.05, 0) is 49.1 Å². The normalized spacial score (nSPS) is 15.8. The number of hydrogen-bond donors (Lipinski definition) is 1. The number of fused-ring (bicyclic) bond motifs is 1. The SMILES string of the molecule is Cc1ccc([C@H]2CC(=O)c3cnc(NC(=O)c4ccc(Cl)cc4)nc3C2)cc1. The average Bonchev–Trinajstić information content (AvgIpc) is 2.68. The zero-order valence-corrected chi connectivity index (χ0v) is 16.0. The molecule has 6 heteroatoms. The average molecular weight is 392 g/mol. The van der Waals surface area contributed by atoms with Gasteiger partial charge < -0.3 is 0 Å². The minimum Gasteiger partial charge on any atom is -0.294 e. The van der Waals surface area contributed by atoms with Gasteiger partial charge in [0, 0.05) is 23.2 Å². The fraction of sp³-hybridized carbons (Fsp3) is 0.182. The second kappa shape index (κ2) is 7.52. The molecule has 0 bridgehead atoms. The largest absolute Gasteiger partial charge is 0.294 e. The summed E-state index contributed by atoms with van der Waals surface area (Å²) in [6.07, 6.45) is 2.58. The third kappa shape index (κ3) is 3.80. The zero-order valence-electron chi connectivity index (χ0n) is 15.3. The number of hydrogen-bond acceptors (Lipinski definition) is 4. The number of carbonyl (C=O) groups is 2. The summed E-state index contributed by atoms with van der Waals surface area (Å²) < 4.78 is 0. The molecule has 1 atom stereocenters. The smallest absolute Gasteiger partial charge is 0.258 e. The van der Waals surface area contributed by atoms with Crippen molar-refractivity contribution in [1.29, 1.82) is 0 Å². The van der Waals surface area contributed by atoms with Crippen LogP contribution in [0.5, 0.6) is 0 Å². The molecule has 0 fully saturated rings. The molecule has 1 amide bonds. The van der Waals surface area contributed by atoms with Crippen LogP contribution < -0.4 is 5.32 Å². The van der Waals surface area contributed by atoms with E-state index in [1.165, 1.54) is 11.8 Å². The molecule has 1 N–H and O–H groups in total. The number of ketones is 1. The maximum absolute atomic E-state index is 12.5. The molecule has 140 valence electrons. The van der Waals surface area contributed by atoms with Crippen LogP contribution in [-0.4, -0.2) is 21.7 Å². The Hall–Kier alpha value is -3.05. The molecule has 0 unspecified atom stereocenters. The fourth-order valence-corrected chi connectivity index (χ4v) is 3.48. The molecule has 28 heavy (non-hydrogen) atoms. The molecular formula is C22H18ClN3O2. The lowest BCUT2D eigenvalue weighted by Gasteiger charge is -2.23. The van der Waals surface area contributed by atoms with Crippen LogP contribution in [0.4, 0.5) is 5.95 Å². The number of Topliss-reactive ketones (excluding diaryl/α,β-unsaturated/α-hetero) is 1. The Morgan fingerprint density at radius 3 is 2.50 bits per heavy atom. The molecule has 0 radical (unpaired) electrons. The number of benzene rings is 2. The molecule has 0 saturated carbocycles. The Labute approximate surface area is 167 Å². The zero-order chi connectivity index (χ0) is 19.7. The lowest BCUT2D eigenvalue weighted by atomic mass is 9.82. The van der Waals surface area contributed by atoms with E-state index >= 15 is 0 Å². The first-order chi connectivity index (χ1) is 13.5. The molecule has 0 saturated heterocycles. The van der Waals surface area contributed by atoms with Crippen molar-refractivity contribution in [2.75, 3.05) is 5.32 Å². The topological polar surface area (TPSA) is 72.0 Å². The van der Waals surface area contributed by atoms with E-state index in [0.29, 0.717) is 34.7 Å². The fourth-order valence-electron chi connectivity index (χ4n) is 3.35. The van der Waals surface area contributed by atoms with Gasteiger partial charge in [-0.3, -0.25) is 14.9 Å². The number of rotatable bonds is 3. The number of carbonyl (C=O) groups excluding carboxylic acids is 2. The van der Waals surface area contributed by atoms with E-state index in [2.05, 4.69) is 27.4 Å². The van der Waals surface area contributed by atoms with Gasteiger partial charge in [-0.2, -0.15) is 0 Å². The van der Waals surface area contributed by atoms with Crippen molar-refractivity contribution in [3.8, 4) is 0 Å². The minimum atomic E-state index is -0.325. The van der Waals surface area contributed by atoms with Gasteiger partial charge in [0.15, 0.2) is 5.78 Å². The molecule has 1 aliphatic carbocycles. The number of nitrogens with one attached hydrogen (secondary N) is 1. The van der Waals surface area contributed by atoms with Crippen LogP contribution in [0.25, 0.3) is 0 Å². The van der Waals surface area contributed by atoms with Crippen LogP contribution in [0.2, 0.25) is 5.02 Å².